The van der Waals surface area contributed by atoms with Gasteiger partial charge in [-0.2, -0.15) is 5.10 Å². The Morgan fingerprint density at radius 3 is 2.82 bits per heavy atom. The van der Waals surface area contributed by atoms with Gasteiger partial charge in [0.2, 0.25) is 5.91 Å². The van der Waals surface area contributed by atoms with Crippen molar-refractivity contribution < 1.29 is 14.3 Å². The van der Waals surface area contributed by atoms with Crippen LogP contribution in [0.25, 0.3) is 11.4 Å². The normalized spacial score (nSPS) is 13.7. The Balaban J connectivity index is 1.27. The summed E-state index contributed by atoms with van der Waals surface area (Å²) in [6, 6.07) is 13.9. The van der Waals surface area contributed by atoms with Crippen LogP contribution in [0.15, 0.2) is 54.9 Å². The fourth-order valence-electron chi connectivity index (χ4n) is 2.94. The van der Waals surface area contributed by atoms with Crippen LogP contribution >= 0.6 is 0 Å². The average Bonchev–Trinajstić information content (AvgIpc) is 3.23. The van der Waals surface area contributed by atoms with Gasteiger partial charge >= 0.3 is 0 Å². The van der Waals surface area contributed by atoms with E-state index in [1.807, 2.05) is 36.4 Å². The molecule has 0 radical (unpaired) electrons. The highest BCUT2D eigenvalue weighted by atomic mass is 16.5. The van der Waals surface area contributed by atoms with Gasteiger partial charge in [-0.05, 0) is 35.7 Å². The van der Waals surface area contributed by atoms with Gasteiger partial charge in [0.1, 0.15) is 12.4 Å². The van der Waals surface area contributed by atoms with Crippen molar-refractivity contribution in [1.29, 1.82) is 0 Å². The Hall–Kier alpha value is -3.19. The maximum Gasteiger partial charge on any atom is 0.220 e. The number of aryl methyl sites for hydroxylation is 1. The molecule has 1 saturated heterocycles. The first-order valence-corrected chi connectivity index (χ1v) is 9.30. The molecule has 0 unspecified atom stereocenters. The van der Waals surface area contributed by atoms with Gasteiger partial charge in [-0.15, -0.1) is 0 Å². The quantitative estimate of drug-likeness (QED) is 0.629. The van der Waals surface area contributed by atoms with E-state index in [0.29, 0.717) is 38.4 Å². The van der Waals surface area contributed by atoms with Gasteiger partial charge < -0.3 is 14.8 Å². The number of carbonyl (C=O) groups excluding carboxylic acids is 1. The van der Waals surface area contributed by atoms with Crippen molar-refractivity contribution >= 4 is 5.91 Å². The summed E-state index contributed by atoms with van der Waals surface area (Å²) in [5, 5.41) is 9.77. The molecule has 0 bridgehead atoms. The van der Waals surface area contributed by atoms with Crippen LogP contribution in [0.4, 0.5) is 0 Å². The summed E-state index contributed by atoms with van der Waals surface area (Å²) in [4.78, 5) is 16.3. The largest absolute Gasteiger partial charge is 0.487 e. The summed E-state index contributed by atoms with van der Waals surface area (Å²) in [7, 11) is 0. The monoisotopic (exact) mass is 378 g/mol. The molecule has 28 heavy (non-hydrogen) atoms. The van der Waals surface area contributed by atoms with Gasteiger partial charge in [0.05, 0.1) is 36.8 Å². The SMILES string of the molecule is O=C(CCc1cccc(COc2ccc(-c3ccn[nH]3)nc2)c1)NC1COC1. The molecule has 3 aromatic rings. The number of hydrogen-bond donors (Lipinski definition) is 2. The van der Waals surface area contributed by atoms with Crippen LogP contribution in [0.5, 0.6) is 5.75 Å². The highest BCUT2D eigenvalue weighted by Gasteiger charge is 2.19. The molecule has 1 aliphatic heterocycles. The van der Waals surface area contributed by atoms with Crippen LogP contribution in [0.3, 0.4) is 0 Å². The van der Waals surface area contributed by atoms with E-state index in [1.165, 1.54) is 0 Å². The second-order valence-corrected chi connectivity index (χ2v) is 6.76. The summed E-state index contributed by atoms with van der Waals surface area (Å²) in [6.45, 7) is 1.69. The van der Waals surface area contributed by atoms with Crippen LogP contribution < -0.4 is 10.1 Å². The molecule has 7 heteroatoms. The molecular formula is C21H22N4O3. The lowest BCUT2D eigenvalue weighted by molar-refractivity contribution is -0.125. The molecule has 3 heterocycles. The van der Waals surface area contributed by atoms with Gasteiger partial charge in [-0.1, -0.05) is 24.3 Å². The van der Waals surface area contributed by atoms with Crippen LogP contribution in [0, 0.1) is 0 Å². The topological polar surface area (TPSA) is 89.1 Å². The molecule has 7 nitrogen and oxygen atoms in total. The average molecular weight is 378 g/mol. The van der Waals surface area contributed by atoms with Crippen molar-refractivity contribution in [1.82, 2.24) is 20.5 Å². The van der Waals surface area contributed by atoms with Gasteiger partial charge in [0.25, 0.3) is 0 Å². The highest BCUT2D eigenvalue weighted by molar-refractivity contribution is 5.76. The zero-order valence-corrected chi connectivity index (χ0v) is 15.4. The predicted octanol–water partition coefficient (Wildman–Crippen LogP) is 2.50. The van der Waals surface area contributed by atoms with Crippen LogP contribution in [0.2, 0.25) is 0 Å². The molecule has 144 valence electrons. The first-order valence-electron chi connectivity index (χ1n) is 9.30. The van der Waals surface area contributed by atoms with Crippen molar-refractivity contribution in [2.75, 3.05) is 13.2 Å². The number of ether oxygens (including phenoxy) is 2. The summed E-state index contributed by atoms with van der Waals surface area (Å²) >= 11 is 0. The van der Waals surface area contributed by atoms with Crippen LogP contribution in [0.1, 0.15) is 17.5 Å². The predicted molar refractivity (Wildman–Crippen MR) is 104 cm³/mol. The second kappa shape index (κ2) is 8.67. The fourth-order valence-corrected chi connectivity index (χ4v) is 2.94. The molecule has 2 N–H and O–H groups in total. The van der Waals surface area contributed by atoms with E-state index in [1.54, 1.807) is 12.4 Å². The summed E-state index contributed by atoms with van der Waals surface area (Å²) in [5.74, 6) is 0.772. The van der Waals surface area contributed by atoms with Gasteiger partial charge in [-0.25, -0.2) is 0 Å². The summed E-state index contributed by atoms with van der Waals surface area (Å²) in [5.41, 5.74) is 3.86. The lowest BCUT2D eigenvalue weighted by Crippen LogP contribution is -2.48. The number of nitrogens with one attached hydrogen (secondary N) is 2. The van der Waals surface area contributed by atoms with E-state index in [4.69, 9.17) is 9.47 Å². The van der Waals surface area contributed by atoms with E-state index in [2.05, 4.69) is 26.6 Å². The number of carbonyl (C=O) groups is 1. The van der Waals surface area contributed by atoms with E-state index in [-0.39, 0.29) is 11.9 Å². The van der Waals surface area contributed by atoms with Crippen LogP contribution in [-0.2, 0) is 22.6 Å². The minimum atomic E-state index is 0.0679. The molecule has 0 atom stereocenters. The number of hydrogen-bond acceptors (Lipinski definition) is 5. The number of pyridine rings is 1. The number of aromatic nitrogens is 3. The Bertz CT molecular complexity index is 906. The molecule has 0 aliphatic carbocycles. The molecule has 1 fully saturated rings. The smallest absolute Gasteiger partial charge is 0.220 e. The van der Waals surface area contributed by atoms with E-state index in [0.717, 1.165) is 22.5 Å². The van der Waals surface area contributed by atoms with Crippen molar-refractivity contribution in [2.45, 2.75) is 25.5 Å². The van der Waals surface area contributed by atoms with Crippen molar-refractivity contribution in [3.05, 3.63) is 66.0 Å². The molecule has 0 saturated carbocycles. The van der Waals surface area contributed by atoms with E-state index in [9.17, 15) is 4.79 Å². The molecule has 4 rings (SSSR count). The van der Waals surface area contributed by atoms with Crippen molar-refractivity contribution in [3.63, 3.8) is 0 Å². The Labute approximate surface area is 163 Å². The van der Waals surface area contributed by atoms with Gasteiger partial charge in [0, 0.05) is 12.6 Å². The first-order chi connectivity index (χ1) is 13.8. The second-order valence-electron chi connectivity index (χ2n) is 6.76. The Kier molecular flexibility index (Phi) is 5.63. The highest BCUT2D eigenvalue weighted by Crippen LogP contribution is 2.18. The number of benzene rings is 1. The van der Waals surface area contributed by atoms with Crippen molar-refractivity contribution in [3.8, 4) is 17.1 Å². The van der Waals surface area contributed by atoms with E-state index >= 15 is 0 Å². The maximum atomic E-state index is 11.9. The third kappa shape index (κ3) is 4.75. The molecular weight excluding hydrogens is 356 g/mol. The van der Waals surface area contributed by atoms with Crippen LogP contribution in [-0.4, -0.2) is 40.3 Å². The zero-order valence-electron chi connectivity index (χ0n) is 15.4. The minimum Gasteiger partial charge on any atom is -0.487 e. The lowest BCUT2D eigenvalue weighted by atomic mass is 10.1. The molecule has 1 aliphatic rings. The number of amides is 1. The third-order valence-electron chi connectivity index (χ3n) is 4.55. The Morgan fingerprint density at radius 1 is 1.21 bits per heavy atom. The molecule has 0 spiro atoms. The van der Waals surface area contributed by atoms with Gasteiger partial charge in [-0.3, -0.25) is 14.9 Å². The number of H-pyrrole nitrogens is 1. The zero-order chi connectivity index (χ0) is 19.2. The number of aromatic amines is 1. The molecule has 1 aromatic carbocycles. The minimum absolute atomic E-state index is 0.0679. The molecule has 1 amide bonds. The summed E-state index contributed by atoms with van der Waals surface area (Å²) < 4.78 is 10.9. The molecule has 2 aromatic heterocycles. The van der Waals surface area contributed by atoms with Crippen molar-refractivity contribution in [2.24, 2.45) is 0 Å². The van der Waals surface area contributed by atoms with E-state index < -0.39 is 0 Å². The number of nitrogens with zero attached hydrogens (tertiary/aromatic N) is 2. The maximum absolute atomic E-state index is 11.9. The Morgan fingerprint density at radius 2 is 2.11 bits per heavy atom. The number of rotatable bonds is 8. The van der Waals surface area contributed by atoms with Gasteiger partial charge in [0.15, 0.2) is 0 Å². The first kappa shape index (κ1) is 18.2. The standard InChI is InChI=1S/C21H22N4O3/c26-21(24-17-13-27-14-17)7-4-15-2-1-3-16(10-15)12-28-18-5-6-19(22-11-18)20-8-9-23-25-20/h1-3,5-6,8-11,17H,4,7,12-14H2,(H,23,25)(H,24,26). The summed E-state index contributed by atoms with van der Waals surface area (Å²) in [6.07, 6.45) is 4.57. The third-order valence-corrected chi connectivity index (χ3v) is 4.55. The lowest BCUT2D eigenvalue weighted by Gasteiger charge is -2.26. The fraction of sp³-hybridized carbons (Fsp3) is 0.286.